The molecule has 4 heteroatoms. The summed E-state index contributed by atoms with van der Waals surface area (Å²) in [7, 11) is 4.67. The summed E-state index contributed by atoms with van der Waals surface area (Å²) in [6.07, 6.45) is 5.18. The molecule has 0 unspecified atom stereocenters. The fourth-order valence-corrected chi connectivity index (χ4v) is 7.26. The molecule has 0 bridgehead atoms. The van der Waals surface area contributed by atoms with Gasteiger partial charge in [-0.2, -0.15) is 0 Å². The molecule has 2 aromatic rings. The average Bonchev–Trinajstić information content (AvgIpc) is 3.11. The molecule has 5 rings (SSSR count). The molecule has 28 heavy (non-hydrogen) atoms. The number of quaternary nitrogens is 2. The molecule has 0 atom stereocenters. The first-order valence-electron chi connectivity index (χ1n) is 10.9. The van der Waals surface area contributed by atoms with Crippen LogP contribution in [0.25, 0.3) is 5.57 Å². The van der Waals surface area contributed by atoms with E-state index in [1.54, 1.807) is 32.1 Å². The molecule has 0 radical (unpaired) electrons. The second-order valence-corrected chi connectivity index (χ2v) is 11.2. The van der Waals surface area contributed by atoms with Crippen LogP contribution in [-0.2, 0) is 5.75 Å². The Morgan fingerprint density at radius 1 is 0.893 bits per heavy atom. The number of thioether (sulfide) groups is 1. The largest absolute Gasteiger partial charge is 0.337 e. The predicted molar refractivity (Wildman–Crippen MR) is 121 cm³/mol. The highest BCUT2D eigenvalue weighted by atomic mass is 32.2. The molecule has 3 aliphatic heterocycles. The van der Waals surface area contributed by atoms with Crippen molar-refractivity contribution in [2.75, 3.05) is 40.3 Å². The maximum absolute atomic E-state index is 2.57. The van der Waals surface area contributed by atoms with Gasteiger partial charge in [0.05, 0.1) is 44.5 Å². The fourth-order valence-electron chi connectivity index (χ4n) is 5.17. The van der Waals surface area contributed by atoms with Crippen molar-refractivity contribution in [1.82, 2.24) is 0 Å². The van der Waals surface area contributed by atoms with Crippen LogP contribution in [0.1, 0.15) is 53.9 Å². The van der Waals surface area contributed by atoms with Crippen molar-refractivity contribution in [2.45, 2.75) is 41.6 Å². The molecule has 3 aliphatic rings. The van der Waals surface area contributed by atoms with E-state index < -0.39 is 0 Å². The molecule has 2 nitrogen and oxygen atoms in total. The molecule has 4 heterocycles. The summed E-state index contributed by atoms with van der Waals surface area (Å²) in [6.45, 7) is 5.19. The predicted octanol–water partition coefficient (Wildman–Crippen LogP) is 2.86. The van der Waals surface area contributed by atoms with Crippen LogP contribution >= 0.6 is 23.1 Å². The molecule has 2 fully saturated rings. The zero-order chi connectivity index (χ0) is 19.1. The number of hydrogen-bond donors (Lipinski definition) is 2. The Bertz CT molecular complexity index is 880. The molecule has 0 spiro atoms. The smallest absolute Gasteiger partial charge is 0.0807 e. The average molecular weight is 413 g/mol. The van der Waals surface area contributed by atoms with Crippen LogP contribution in [0.15, 0.2) is 39.4 Å². The lowest BCUT2D eigenvalue weighted by Gasteiger charge is -2.28. The van der Waals surface area contributed by atoms with Gasteiger partial charge in [-0.05, 0) is 39.6 Å². The SMILES string of the molecule is C[NH+]1CCC(=C2c3ccc(C4CC[NH+](C)CC4)cc3CSc3sccc32)CC1. The normalized spacial score (nSPS) is 27.9. The molecule has 2 N–H and O–H groups in total. The van der Waals surface area contributed by atoms with Crippen molar-refractivity contribution in [3.05, 3.63) is 57.5 Å². The maximum Gasteiger partial charge on any atom is 0.0807 e. The maximum atomic E-state index is 2.57. The monoisotopic (exact) mass is 412 g/mol. The summed E-state index contributed by atoms with van der Waals surface area (Å²) < 4.78 is 1.52. The molecule has 0 saturated carbocycles. The second kappa shape index (κ2) is 7.98. The zero-order valence-electron chi connectivity index (χ0n) is 17.1. The van der Waals surface area contributed by atoms with Gasteiger partial charge in [0.25, 0.3) is 0 Å². The highest BCUT2D eigenvalue weighted by molar-refractivity contribution is 8.00. The Labute approximate surface area is 177 Å². The molecular weight excluding hydrogens is 380 g/mol. The van der Waals surface area contributed by atoms with Crippen molar-refractivity contribution in [3.63, 3.8) is 0 Å². The van der Waals surface area contributed by atoms with Crippen molar-refractivity contribution in [1.29, 1.82) is 0 Å². The van der Waals surface area contributed by atoms with Gasteiger partial charge in [0, 0.05) is 37.0 Å². The van der Waals surface area contributed by atoms with E-state index in [0.29, 0.717) is 0 Å². The van der Waals surface area contributed by atoms with Gasteiger partial charge in [0.1, 0.15) is 0 Å². The first-order valence-corrected chi connectivity index (χ1v) is 12.7. The van der Waals surface area contributed by atoms with E-state index in [-0.39, 0.29) is 0 Å². The number of hydrogen-bond acceptors (Lipinski definition) is 2. The van der Waals surface area contributed by atoms with E-state index in [9.17, 15) is 0 Å². The summed E-state index contributed by atoms with van der Waals surface area (Å²) >= 11 is 3.99. The minimum atomic E-state index is 0.763. The standard InChI is InChI=1S/C24H30N2S2/c1-25-10-5-17(6-11-25)19-3-4-21-20(15-19)16-28-24-22(9-14-27-24)23(21)18-7-12-26(2)13-8-18/h3-4,9,14-15,17H,5-8,10-13,16H2,1-2H3/p+2. The second-order valence-electron chi connectivity index (χ2n) is 8.99. The van der Waals surface area contributed by atoms with Crippen LogP contribution in [0.3, 0.4) is 0 Å². The minimum Gasteiger partial charge on any atom is -0.337 e. The van der Waals surface area contributed by atoms with E-state index in [1.165, 1.54) is 67.2 Å². The van der Waals surface area contributed by atoms with Gasteiger partial charge in [0.15, 0.2) is 0 Å². The number of nitrogens with one attached hydrogen (secondary N) is 2. The number of thiophene rings is 1. The Morgan fingerprint density at radius 2 is 1.64 bits per heavy atom. The van der Waals surface area contributed by atoms with Gasteiger partial charge in [-0.25, -0.2) is 0 Å². The van der Waals surface area contributed by atoms with Crippen LogP contribution in [0.5, 0.6) is 0 Å². The number of likely N-dealkylation sites (tertiary alicyclic amines) is 2. The summed E-state index contributed by atoms with van der Waals surface area (Å²) in [5.41, 5.74) is 9.49. The number of piperidine rings is 2. The van der Waals surface area contributed by atoms with E-state index in [4.69, 9.17) is 0 Å². The lowest BCUT2D eigenvalue weighted by molar-refractivity contribution is -0.885. The fraction of sp³-hybridized carbons (Fsp3) is 0.500. The van der Waals surface area contributed by atoms with Gasteiger partial charge in [-0.3, -0.25) is 0 Å². The third kappa shape index (κ3) is 3.60. The summed E-state index contributed by atoms with van der Waals surface area (Å²) in [5, 5.41) is 2.29. The summed E-state index contributed by atoms with van der Waals surface area (Å²) in [5.74, 6) is 1.88. The van der Waals surface area contributed by atoms with E-state index in [2.05, 4.69) is 55.5 Å². The Hall–Kier alpha value is -1.07. The van der Waals surface area contributed by atoms with Gasteiger partial charge < -0.3 is 9.80 Å². The number of fused-ring (bicyclic) bond motifs is 2. The minimum absolute atomic E-state index is 0.763. The first-order chi connectivity index (χ1) is 13.7. The van der Waals surface area contributed by atoms with Crippen LogP contribution in [0, 0.1) is 0 Å². The Balaban J connectivity index is 1.55. The lowest BCUT2D eigenvalue weighted by Crippen LogP contribution is -3.10. The van der Waals surface area contributed by atoms with Gasteiger partial charge in [0.2, 0.25) is 0 Å². The van der Waals surface area contributed by atoms with Crippen molar-refractivity contribution in [2.24, 2.45) is 0 Å². The summed E-state index contributed by atoms with van der Waals surface area (Å²) in [6, 6.07) is 9.90. The lowest BCUT2D eigenvalue weighted by atomic mass is 9.84. The van der Waals surface area contributed by atoms with Crippen LogP contribution in [-0.4, -0.2) is 40.3 Å². The van der Waals surface area contributed by atoms with E-state index in [1.807, 2.05) is 11.3 Å². The molecule has 2 saturated heterocycles. The van der Waals surface area contributed by atoms with E-state index in [0.717, 1.165) is 11.7 Å². The van der Waals surface area contributed by atoms with Crippen molar-refractivity contribution in [3.8, 4) is 0 Å². The Morgan fingerprint density at radius 3 is 2.43 bits per heavy atom. The summed E-state index contributed by atoms with van der Waals surface area (Å²) in [4.78, 5) is 3.38. The molecule has 0 amide bonds. The van der Waals surface area contributed by atoms with Gasteiger partial charge >= 0.3 is 0 Å². The molecular formula is C24H32N2S2+2. The Kier molecular flexibility index (Phi) is 5.40. The van der Waals surface area contributed by atoms with Crippen LogP contribution in [0.4, 0.5) is 0 Å². The third-order valence-electron chi connectivity index (χ3n) is 7.03. The molecule has 1 aromatic carbocycles. The molecule has 1 aromatic heterocycles. The topological polar surface area (TPSA) is 8.88 Å². The zero-order valence-corrected chi connectivity index (χ0v) is 18.8. The van der Waals surface area contributed by atoms with Crippen molar-refractivity contribution < 1.29 is 9.80 Å². The molecule has 148 valence electrons. The van der Waals surface area contributed by atoms with Gasteiger partial charge in [-0.1, -0.05) is 23.8 Å². The van der Waals surface area contributed by atoms with Gasteiger partial charge in [-0.15, -0.1) is 23.1 Å². The highest BCUT2D eigenvalue weighted by Gasteiger charge is 2.27. The quantitative estimate of drug-likeness (QED) is 0.732. The third-order valence-corrected chi connectivity index (χ3v) is 9.31. The van der Waals surface area contributed by atoms with Crippen LogP contribution < -0.4 is 9.80 Å². The van der Waals surface area contributed by atoms with Crippen molar-refractivity contribution >= 4 is 28.7 Å². The first kappa shape index (κ1) is 18.9. The number of benzene rings is 1. The number of rotatable bonds is 1. The highest BCUT2D eigenvalue weighted by Crippen LogP contribution is 2.46. The molecule has 0 aliphatic carbocycles. The van der Waals surface area contributed by atoms with E-state index >= 15 is 0 Å². The van der Waals surface area contributed by atoms with Crippen LogP contribution in [0.2, 0.25) is 0 Å².